The zero-order chi connectivity index (χ0) is 17.2. The summed E-state index contributed by atoms with van der Waals surface area (Å²) in [7, 11) is -3.68. The van der Waals surface area contributed by atoms with Gasteiger partial charge in [0.15, 0.2) is 0 Å². The van der Waals surface area contributed by atoms with Crippen molar-refractivity contribution < 1.29 is 18.0 Å². The van der Waals surface area contributed by atoms with E-state index in [9.17, 15) is 18.0 Å². The number of primary sulfonamides is 1. The molecule has 1 aromatic rings. The average molecular weight is 339 g/mol. The van der Waals surface area contributed by atoms with Gasteiger partial charge < -0.3 is 10.2 Å². The zero-order valence-corrected chi connectivity index (χ0v) is 14.0. The van der Waals surface area contributed by atoms with Crippen LogP contribution in [0.5, 0.6) is 0 Å². The molecule has 1 aliphatic rings. The highest BCUT2D eigenvalue weighted by Gasteiger charge is 2.35. The second kappa shape index (κ2) is 6.67. The number of amides is 2. The number of carbonyl (C=O) groups is 2. The molecule has 0 aromatic heterocycles. The van der Waals surface area contributed by atoms with E-state index in [1.165, 1.54) is 6.92 Å². The Morgan fingerprint density at radius 1 is 1.39 bits per heavy atom. The van der Waals surface area contributed by atoms with Crippen LogP contribution in [0.15, 0.2) is 24.3 Å². The SMILES string of the molecule is Cc1ccc(N2C[C@H](C(=O)NC[C@H](C)S(N)(=O)=O)CC2=O)cc1. The zero-order valence-electron chi connectivity index (χ0n) is 13.2. The van der Waals surface area contributed by atoms with Crippen LogP contribution in [0.25, 0.3) is 0 Å². The molecule has 0 aliphatic carbocycles. The Labute approximate surface area is 135 Å². The minimum atomic E-state index is -3.68. The first-order valence-corrected chi connectivity index (χ1v) is 8.96. The van der Waals surface area contributed by atoms with E-state index < -0.39 is 21.2 Å². The normalized spacial score (nSPS) is 19.7. The smallest absolute Gasteiger partial charge is 0.227 e. The molecule has 3 N–H and O–H groups in total. The lowest BCUT2D eigenvalue weighted by Gasteiger charge is -2.17. The number of anilines is 1. The third kappa shape index (κ3) is 4.29. The molecule has 2 atom stereocenters. The quantitative estimate of drug-likeness (QED) is 0.795. The van der Waals surface area contributed by atoms with Gasteiger partial charge in [0.25, 0.3) is 0 Å². The Hall–Kier alpha value is -1.93. The fraction of sp³-hybridized carbons (Fsp3) is 0.467. The molecule has 1 aromatic carbocycles. The minimum Gasteiger partial charge on any atom is -0.354 e. The van der Waals surface area contributed by atoms with E-state index in [1.54, 1.807) is 4.90 Å². The number of benzene rings is 1. The highest BCUT2D eigenvalue weighted by Crippen LogP contribution is 2.25. The second-order valence-corrected chi connectivity index (χ2v) is 7.87. The van der Waals surface area contributed by atoms with Gasteiger partial charge in [-0.2, -0.15) is 0 Å². The van der Waals surface area contributed by atoms with E-state index in [4.69, 9.17) is 5.14 Å². The molecule has 0 unspecified atom stereocenters. The Kier molecular flexibility index (Phi) is 5.06. The molecular weight excluding hydrogens is 318 g/mol. The summed E-state index contributed by atoms with van der Waals surface area (Å²) in [5.41, 5.74) is 1.85. The molecule has 0 radical (unpaired) electrons. The van der Waals surface area contributed by atoms with Crippen LogP contribution in [0.4, 0.5) is 5.69 Å². The number of aryl methyl sites for hydroxylation is 1. The van der Waals surface area contributed by atoms with Crippen LogP contribution in [0, 0.1) is 12.8 Å². The Morgan fingerprint density at radius 3 is 2.57 bits per heavy atom. The van der Waals surface area contributed by atoms with E-state index in [1.807, 2.05) is 31.2 Å². The number of hydrogen-bond donors (Lipinski definition) is 2. The lowest BCUT2D eigenvalue weighted by Crippen LogP contribution is -2.41. The maximum atomic E-state index is 12.1. The van der Waals surface area contributed by atoms with Gasteiger partial charge >= 0.3 is 0 Å². The molecular formula is C15H21N3O4S. The molecule has 1 aliphatic heterocycles. The molecule has 8 heteroatoms. The standard InChI is InChI=1S/C15H21N3O4S/c1-10-3-5-13(6-4-10)18-9-12(7-14(18)19)15(20)17-8-11(2)23(16,21)22/h3-6,11-12H,7-9H2,1-2H3,(H,17,20)(H2,16,21,22)/t11-,12+/m0/s1. The van der Waals surface area contributed by atoms with Crippen molar-refractivity contribution in [2.75, 3.05) is 18.0 Å². The van der Waals surface area contributed by atoms with Crippen molar-refractivity contribution in [3.05, 3.63) is 29.8 Å². The molecule has 0 bridgehead atoms. The fourth-order valence-electron chi connectivity index (χ4n) is 2.36. The molecule has 7 nitrogen and oxygen atoms in total. The van der Waals surface area contributed by atoms with Crippen LogP contribution in [0.1, 0.15) is 18.9 Å². The van der Waals surface area contributed by atoms with Gasteiger partial charge in [-0.1, -0.05) is 17.7 Å². The highest BCUT2D eigenvalue weighted by molar-refractivity contribution is 7.89. The van der Waals surface area contributed by atoms with Crippen LogP contribution >= 0.6 is 0 Å². The van der Waals surface area contributed by atoms with Gasteiger partial charge in [-0.3, -0.25) is 9.59 Å². The van der Waals surface area contributed by atoms with Gasteiger partial charge in [-0.25, -0.2) is 13.6 Å². The minimum absolute atomic E-state index is 0.0626. The summed E-state index contributed by atoms with van der Waals surface area (Å²) in [4.78, 5) is 25.8. The highest BCUT2D eigenvalue weighted by atomic mass is 32.2. The number of nitrogens with one attached hydrogen (secondary N) is 1. The molecule has 2 amide bonds. The number of carbonyl (C=O) groups excluding carboxylic acids is 2. The summed E-state index contributed by atoms with van der Waals surface area (Å²) >= 11 is 0. The monoisotopic (exact) mass is 339 g/mol. The maximum Gasteiger partial charge on any atom is 0.227 e. The first-order chi connectivity index (χ1) is 10.7. The molecule has 23 heavy (non-hydrogen) atoms. The van der Waals surface area contributed by atoms with Crippen LogP contribution < -0.4 is 15.4 Å². The topological polar surface area (TPSA) is 110 Å². The van der Waals surface area contributed by atoms with Gasteiger partial charge in [0.1, 0.15) is 0 Å². The Morgan fingerprint density at radius 2 is 2.00 bits per heavy atom. The summed E-state index contributed by atoms with van der Waals surface area (Å²) in [5, 5.41) is 6.70. The van der Waals surface area contributed by atoms with Crippen molar-refractivity contribution >= 4 is 27.5 Å². The summed E-state index contributed by atoms with van der Waals surface area (Å²) in [6.45, 7) is 3.61. The first-order valence-electron chi connectivity index (χ1n) is 7.35. The maximum absolute atomic E-state index is 12.1. The largest absolute Gasteiger partial charge is 0.354 e. The van der Waals surface area contributed by atoms with E-state index in [0.717, 1.165) is 11.3 Å². The van der Waals surface area contributed by atoms with Crippen molar-refractivity contribution in [2.24, 2.45) is 11.1 Å². The number of nitrogens with two attached hydrogens (primary N) is 1. The van der Waals surface area contributed by atoms with E-state index in [-0.39, 0.29) is 31.3 Å². The molecule has 1 fully saturated rings. The van der Waals surface area contributed by atoms with Gasteiger partial charge in [-0.15, -0.1) is 0 Å². The van der Waals surface area contributed by atoms with Crippen LogP contribution in [-0.4, -0.2) is 38.6 Å². The molecule has 0 spiro atoms. The number of sulfonamides is 1. The molecule has 0 saturated carbocycles. The van der Waals surface area contributed by atoms with Gasteiger partial charge in [0.2, 0.25) is 21.8 Å². The van der Waals surface area contributed by atoms with E-state index >= 15 is 0 Å². The molecule has 1 heterocycles. The van der Waals surface area contributed by atoms with Gasteiger partial charge in [-0.05, 0) is 26.0 Å². The average Bonchev–Trinajstić information content (AvgIpc) is 2.86. The summed E-state index contributed by atoms with van der Waals surface area (Å²) in [6, 6.07) is 7.50. The number of hydrogen-bond acceptors (Lipinski definition) is 4. The summed E-state index contributed by atoms with van der Waals surface area (Å²) in [5.74, 6) is -0.937. The summed E-state index contributed by atoms with van der Waals surface area (Å²) < 4.78 is 22.3. The predicted octanol–water partition coefficient (Wildman–Crippen LogP) is 0.141. The van der Waals surface area contributed by atoms with Gasteiger partial charge in [0.05, 0.1) is 11.2 Å². The van der Waals surface area contributed by atoms with Crippen LogP contribution in [0.2, 0.25) is 0 Å². The van der Waals surface area contributed by atoms with Crippen molar-refractivity contribution in [1.29, 1.82) is 0 Å². The number of nitrogens with zero attached hydrogens (tertiary/aromatic N) is 1. The molecule has 2 rings (SSSR count). The number of rotatable bonds is 5. The third-order valence-corrected chi connectivity index (χ3v) is 5.25. The van der Waals surface area contributed by atoms with E-state index in [2.05, 4.69) is 5.32 Å². The van der Waals surface area contributed by atoms with Crippen LogP contribution in [0.3, 0.4) is 0 Å². The molecule has 126 valence electrons. The predicted molar refractivity (Wildman–Crippen MR) is 87.2 cm³/mol. The van der Waals surface area contributed by atoms with Gasteiger partial charge in [0, 0.05) is 25.2 Å². The van der Waals surface area contributed by atoms with Crippen molar-refractivity contribution in [3.63, 3.8) is 0 Å². The second-order valence-electron chi connectivity index (χ2n) is 5.89. The fourth-order valence-corrected chi connectivity index (χ4v) is 2.68. The van der Waals surface area contributed by atoms with Crippen molar-refractivity contribution in [3.8, 4) is 0 Å². The molecule has 1 saturated heterocycles. The first kappa shape index (κ1) is 17.4. The lowest BCUT2D eigenvalue weighted by atomic mass is 10.1. The third-order valence-electron chi connectivity index (χ3n) is 3.97. The van der Waals surface area contributed by atoms with Crippen molar-refractivity contribution in [2.45, 2.75) is 25.5 Å². The Balaban J connectivity index is 1.96. The van der Waals surface area contributed by atoms with Crippen LogP contribution in [-0.2, 0) is 19.6 Å². The van der Waals surface area contributed by atoms with E-state index in [0.29, 0.717) is 0 Å². The van der Waals surface area contributed by atoms with Crippen molar-refractivity contribution in [1.82, 2.24) is 5.32 Å². The summed E-state index contributed by atoms with van der Waals surface area (Å²) in [6.07, 6.45) is 0.115. The Bertz CT molecular complexity index is 700. The lowest BCUT2D eigenvalue weighted by molar-refractivity contribution is -0.126.